The van der Waals surface area contributed by atoms with Gasteiger partial charge in [-0.25, -0.2) is 9.97 Å². The molecule has 2 aromatic rings. The van der Waals surface area contributed by atoms with Crippen LogP contribution in [-0.4, -0.2) is 107 Å². The number of amides is 4. The Bertz CT molecular complexity index is 1330. The van der Waals surface area contributed by atoms with Crippen molar-refractivity contribution >= 4 is 35.2 Å². The van der Waals surface area contributed by atoms with Crippen LogP contribution in [0.15, 0.2) is 25.0 Å². The molecule has 0 aliphatic carbocycles. The van der Waals surface area contributed by atoms with E-state index >= 15 is 0 Å². The van der Waals surface area contributed by atoms with Crippen molar-refractivity contribution in [1.82, 2.24) is 35.1 Å². The molecule has 0 radical (unpaired) electrons. The fraction of sp³-hybridized carbons (Fsp3) is 0.586. The Hall–Kier alpha value is -4.40. The van der Waals surface area contributed by atoms with Crippen LogP contribution < -0.4 is 11.1 Å². The van der Waals surface area contributed by atoms with Crippen LogP contribution in [0.5, 0.6) is 0 Å². The van der Waals surface area contributed by atoms with Crippen LogP contribution in [-0.2, 0) is 41.6 Å². The Morgan fingerprint density at radius 3 is 2.32 bits per heavy atom. The molecule has 4 rings (SSSR count). The molecule has 0 bridgehead atoms. The first-order valence-corrected chi connectivity index (χ1v) is 14.9. The molecule has 3 unspecified atom stereocenters. The van der Waals surface area contributed by atoms with Gasteiger partial charge >= 0.3 is 0 Å². The van der Waals surface area contributed by atoms with Gasteiger partial charge in [-0.3, -0.25) is 28.8 Å². The highest BCUT2D eigenvalue weighted by atomic mass is 16.3. The van der Waals surface area contributed by atoms with Crippen molar-refractivity contribution in [2.75, 3.05) is 13.1 Å². The molecule has 5 atom stereocenters. The minimum Gasteiger partial charge on any atom is -0.391 e. The highest BCUT2D eigenvalue weighted by Crippen LogP contribution is 2.27. The van der Waals surface area contributed by atoms with E-state index in [4.69, 9.17) is 5.73 Å². The summed E-state index contributed by atoms with van der Waals surface area (Å²) in [6.07, 6.45) is 6.10. The number of hydrogen-bond donors (Lipinski definition) is 5. The van der Waals surface area contributed by atoms with Gasteiger partial charge in [-0.05, 0) is 12.8 Å². The number of H-pyrrole nitrogens is 2. The lowest BCUT2D eigenvalue weighted by Gasteiger charge is -2.30. The van der Waals surface area contributed by atoms with Crippen molar-refractivity contribution in [3.63, 3.8) is 0 Å². The van der Waals surface area contributed by atoms with Gasteiger partial charge in [0.05, 0.1) is 36.8 Å². The van der Waals surface area contributed by atoms with Crippen molar-refractivity contribution in [3.8, 4) is 0 Å². The number of aliphatic hydroxyl groups excluding tert-OH is 1. The third-order valence-electron chi connectivity index (χ3n) is 8.27. The highest BCUT2D eigenvalue weighted by molar-refractivity contribution is 5.96. The van der Waals surface area contributed by atoms with E-state index in [1.807, 2.05) is 0 Å². The molecular formula is C29H40N8O7. The van der Waals surface area contributed by atoms with E-state index in [-0.39, 0.29) is 69.1 Å². The van der Waals surface area contributed by atoms with E-state index in [2.05, 4.69) is 25.3 Å². The summed E-state index contributed by atoms with van der Waals surface area (Å²) in [6.45, 7) is 2.18. The lowest BCUT2D eigenvalue weighted by atomic mass is 9.92. The number of nitrogens with one attached hydrogen (secondary N) is 3. The number of primary amides is 1. The monoisotopic (exact) mass is 612 g/mol. The normalized spacial score (nSPS) is 21.2. The Kier molecular flexibility index (Phi) is 11.0. The van der Waals surface area contributed by atoms with Gasteiger partial charge in [0.25, 0.3) is 0 Å². The fourth-order valence-electron chi connectivity index (χ4n) is 5.93. The number of ketones is 2. The van der Waals surface area contributed by atoms with Crippen molar-refractivity contribution < 1.29 is 33.9 Å². The van der Waals surface area contributed by atoms with E-state index in [0.717, 1.165) is 0 Å². The fourth-order valence-corrected chi connectivity index (χ4v) is 5.93. The molecule has 4 heterocycles. The van der Waals surface area contributed by atoms with Gasteiger partial charge in [0.2, 0.25) is 23.6 Å². The molecule has 44 heavy (non-hydrogen) atoms. The van der Waals surface area contributed by atoms with Gasteiger partial charge in [0, 0.05) is 81.8 Å². The molecule has 15 nitrogen and oxygen atoms in total. The van der Waals surface area contributed by atoms with Crippen LogP contribution in [0.4, 0.5) is 0 Å². The maximum absolute atomic E-state index is 13.4. The number of nitrogens with two attached hydrogens (primary N) is 1. The number of β-amino-alcohol motifs (C(OH)–C–C–N with tert-alkyl or cyclic N) is 1. The molecule has 6 N–H and O–H groups in total. The number of carbonyl (C=O) groups is 6. The number of aliphatic hydroxyl groups is 1. The number of imidazole rings is 2. The van der Waals surface area contributed by atoms with Crippen molar-refractivity contribution in [2.24, 2.45) is 11.7 Å². The molecule has 2 aromatic heterocycles. The van der Waals surface area contributed by atoms with Gasteiger partial charge < -0.3 is 35.9 Å². The third-order valence-corrected chi connectivity index (χ3v) is 8.27. The molecule has 2 aliphatic rings. The highest BCUT2D eigenvalue weighted by Gasteiger charge is 2.44. The van der Waals surface area contributed by atoms with Crippen LogP contribution in [0.2, 0.25) is 0 Å². The van der Waals surface area contributed by atoms with Crippen LogP contribution >= 0.6 is 0 Å². The van der Waals surface area contributed by atoms with Crippen LogP contribution in [0.25, 0.3) is 0 Å². The predicted octanol–water partition coefficient (Wildman–Crippen LogP) is -0.824. The second kappa shape index (κ2) is 14.9. The zero-order chi connectivity index (χ0) is 31.8. The second-order valence-electron chi connectivity index (χ2n) is 11.4. The number of rotatable bonds is 15. The average Bonchev–Trinajstić information content (AvgIpc) is 3.82. The Morgan fingerprint density at radius 1 is 1.02 bits per heavy atom. The number of aromatic amines is 2. The average molecular weight is 613 g/mol. The van der Waals surface area contributed by atoms with Crippen LogP contribution in [0.1, 0.15) is 63.3 Å². The zero-order valence-electron chi connectivity index (χ0n) is 24.7. The first-order valence-electron chi connectivity index (χ1n) is 14.9. The minimum atomic E-state index is -1.02. The van der Waals surface area contributed by atoms with Crippen molar-refractivity contribution in [3.05, 3.63) is 36.4 Å². The van der Waals surface area contributed by atoms with Crippen molar-refractivity contribution in [1.29, 1.82) is 0 Å². The van der Waals surface area contributed by atoms with Crippen molar-refractivity contribution in [2.45, 2.75) is 88.9 Å². The van der Waals surface area contributed by atoms with Crippen LogP contribution in [0.3, 0.4) is 0 Å². The molecule has 0 spiro atoms. The largest absolute Gasteiger partial charge is 0.391 e. The molecular weight excluding hydrogens is 572 g/mol. The SMILES string of the molecule is CCC(=O)N1CCCC1C(=O)N1C[C@@H](O)C[C@H]1C(=O)CCC(=O)NC(Cc1cnc[nH]1)C(=O)CC(Cc1cnc[nH]1)C(N)=O. The lowest BCUT2D eigenvalue weighted by Crippen LogP contribution is -2.51. The quantitative estimate of drug-likeness (QED) is 0.169. The number of carbonyl (C=O) groups excluding carboxylic acids is 6. The molecule has 2 fully saturated rings. The number of nitrogens with zero attached hydrogens (tertiary/aromatic N) is 4. The summed E-state index contributed by atoms with van der Waals surface area (Å²) in [6, 6.07) is -2.60. The van der Waals surface area contributed by atoms with E-state index in [0.29, 0.717) is 30.8 Å². The molecule has 15 heteroatoms. The topological polar surface area (TPSA) is 225 Å². The molecule has 2 saturated heterocycles. The summed E-state index contributed by atoms with van der Waals surface area (Å²) < 4.78 is 0. The summed E-state index contributed by atoms with van der Waals surface area (Å²) in [5, 5.41) is 13.0. The molecule has 2 aliphatic heterocycles. The summed E-state index contributed by atoms with van der Waals surface area (Å²) in [5.41, 5.74) is 6.78. The Balaban J connectivity index is 1.37. The molecule has 0 aromatic carbocycles. The van der Waals surface area contributed by atoms with Crippen LogP contribution in [0, 0.1) is 5.92 Å². The lowest BCUT2D eigenvalue weighted by molar-refractivity contribution is -0.146. The minimum absolute atomic E-state index is 0.0214. The van der Waals surface area contributed by atoms with E-state index in [1.165, 1.54) is 34.8 Å². The maximum atomic E-state index is 13.4. The summed E-state index contributed by atoms with van der Waals surface area (Å²) in [4.78, 5) is 93.9. The Morgan fingerprint density at radius 2 is 1.70 bits per heavy atom. The number of hydrogen-bond acceptors (Lipinski definition) is 9. The summed E-state index contributed by atoms with van der Waals surface area (Å²) in [7, 11) is 0. The summed E-state index contributed by atoms with van der Waals surface area (Å²) >= 11 is 0. The number of likely N-dealkylation sites (tertiary alicyclic amines) is 2. The third kappa shape index (κ3) is 8.15. The molecule has 4 amide bonds. The first kappa shape index (κ1) is 32.5. The predicted molar refractivity (Wildman–Crippen MR) is 154 cm³/mol. The molecule has 238 valence electrons. The molecule has 0 saturated carbocycles. The number of aromatic nitrogens is 4. The Labute approximate surface area is 254 Å². The van der Waals surface area contributed by atoms with E-state index < -0.39 is 47.7 Å². The standard InChI is InChI=1S/C29H40N8O7/c1-2-27(42)36-7-3-4-22(36)29(44)37-14-20(38)11-23(37)24(39)5-6-26(41)35-21(10-19-13-32-16-34-19)25(40)9-17(28(30)43)8-18-12-31-15-33-18/h12-13,15-17,20-23,38H,2-11,14H2,1H3,(H2,30,43)(H,31,33)(H,32,34)(H,35,41)/t17?,20-,21?,22?,23-/m0/s1. The van der Waals surface area contributed by atoms with Gasteiger partial charge in [-0.1, -0.05) is 6.92 Å². The second-order valence-corrected chi connectivity index (χ2v) is 11.4. The zero-order valence-corrected chi connectivity index (χ0v) is 24.7. The van der Waals surface area contributed by atoms with E-state index in [1.54, 1.807) is 6.92 Å². The van der Waals surface area contributed by atoms with Gasteiger partial charge in [0.15, 0.2) is 11.6 Å². The van der Waals surface area contributed by atoms with Gasteiger partial charge in [-0.15, -0.1) is 0 Å². The maximum Gasteiger partial charge on any atom is 0.246 e. The number of Topliss-reactive ketones (excluding diaryl/α,β-unsaturated/α-hetero) is 2. The van der Waals surface area contributed by atoms with Gasteiger partial charge in [-0.2, -0.15) is 0 Å². The summed E-state index contributed by atoms with van der Waals surface area (Å²) in [5.74, 6) is -3.36. The smallest absolute Gasteiger partial charge is 0.246 e. The van der Waals surface area contributed by atoms with Gasteiger partial charge in [0.1, 0.15) is 6.04 Å². The first-order chi connectivity index (χ1) is 21.1. The van der Waals surface area contributed by atoms with E-state index in [9.17, 15) is 33.9 Å².